The van der Waals surface area contributed by atoms with Gasteiger partial charge in [-0.05, 0) is 80.1 Å². The van der Waals surface area contributed by atoms with Gasteiger partial charge in [0, 0.05) is 10.8 Å². The van der Waals surface area contributed by atoms with Crippen LogP contribution in [0.4, 0.5) is 0 Å². The second-order valence-corrected chi connectivity index (χ2v) is 11.3. The maximum atomic E-state index is 13.5. The number of fused-ring (bicyclic) bond motifs is 5. The van der Waals surface area contributed by atoms with Gasteiger partial charge in [0.25, 0.3) is 0 Å². The molecule has 34 heavy (non-hydrogen) atoms. The Balaban J connectivity index is 1.37. The average molecular weight is 463 g/mol. The Labute approximate surface area is 201 Å². The molecule has 1 aromatic rings. The van der Waals surface area contributed by atoms with Gasteiger partial charge in [-0.1, -0.05) is 50.6 Å². The Morgan fingerprint density at radius 2 is 1.85 bits per heavy atom. The molecule has 0 aliphatic heterocycles. The third kappa shape index (κ3) is 3.19. The molecule has 7 atom stereocenters. The highest BCUT2D eigenvalue weighted by atomic mass is 16.5. The quantitative estimate of drug-likeness (QED) is 0.656. The van der Waals surface area contributed by atoms with Crippen LogP contribution in [0, 0.1) is 34.5 Å². The number of esters is 1. The smallest absolute Gasteiger partial charge is 0.338 e. The summed E-state index contributed by atoms with van der Waals surface area (Å²) in [4.78, 5) is 37.9. The summed E-state index contributed by atoms with van der Waals surface area (Å²) in [7, 11) is 0. The maximum absolute atomic E-state index is 13.5. The fourth-order valence-electron chi connectivity index (χ4n) is 8.03. The highest BCUT2D eigenvalue weighted by molar-refractivity contribution is 6.01. The Hall–Kier alpha value is -2.53. The summed E-state index contributed by atoms with van der Waals surface area (Å²) < 4.78 is 5.35. The SMILES string of the molecule is C[C@H]1C[C@H]2[C@@H]3CCC4=CC(=O)C=C[C@]4(C)[C@H]3CC[C@]2(C)[C@@]1(O)C(=O)COC(=O)c1ccccc1. The Morgan fingerprint density at radius 3 is 2.59 bits per heavy atom. The third-order valence-corrected chi connectivity index (χ3v) is 9.91. The largest absolute Gasteiger partial charge is 0.454 e. The van der Waals surface area contributed by atoms with Crippen LogP contribution in [0.15, 0.2) is 54.1 Å². The number of ketones is 2. The van der Waals surface area contributed by atoms with Crippen LogP contribution in [0.1, 0.15) is 63.2 Å². The Morgan fingerprint density at radius 1 is 1.12 bits per heavy atom. The molecule has 5 rings (SSSR count). The summed E-state index contributed by atoms with van der Waals surface area (Å²) in [5.41, 5.74) is -0.582. The predicted molar refractivity (Wildman–Crippen MR) is 128 cm³/mol. The van der Waals surface area contributed by atoms with Crippen molar-refractivity contribution < 1.29 is 24.2 Å². The lowest BCUT2D eigenvalue weighted by Gasteiger charge is -2.58. The van der Waals surface area contributed by atoms with E-state index in [1.54, 1.807) is 30.3 Å². The average Bonchev–Trinajstić information content (AvgIpc) is 3.05. The number of carbonyl (C=O) groups is 3. The zero-order valence-electron chi connectivity index (χ0n) is 20.3. The number of rotatable bonds is 4. The van der Waals surface area contributed by atoms with Crippen molar-refractivity contribution in [2.75, 3.05) is 6.61 Å². The lowest BCUT2D eigenvalue weighted by atomic mass is 9.47. The second-order valence-electron chi connectivity index (χ2n) is 11.3. The summed E-state index contributed by atoms with van der Waals surface area (Å²) in [5.74, 6) is -0.0800. The molecule has 180 valence electrons. The summed E-state index contributed by atoms with van der Waals surface area (Å²) in [6, 6.07) is 8.61. The molecule has 1 N–H and O–H groups in total. The van der Waals surface area contributed by atoms with Crippen molar-refractivity contribution in [3.63, 3.8) is 0 Å². The number of carbonyl (C=O) groups excluding carboxylic acids is 3. The molecule has 3 saturated carbocycles. The Kier molecular flexibility index (Phi) is 5.47. The molecule has 0 aromatic heterocycles. The van der Waals surface area contributed by atoms with E-state index < -0.39 is 29.4 Å². The molecule has 0 unspecified atom stereocenters. The van der Waals surface area contributed by atoms with Crippen molar-refractivity contribution in [3.8, 4) is 0 Å². The van der Waals surface area contributed by atoms with Crippen molar-refractivity contribution in [3.05, 3.63) is 59.7 Å². The van der Waals surface area contributed by atoms with E-state index in [1.807, 2.05) is 19.1 Å². The minimum Gasteiger partial charge on any atom is -0.454 e. The lowest BCUT2D eigenvalue weighted by molar-refractivity contribution is -0.169. The normalized spacial score (nSPS) is 40.6. The second kappa shape index (κ2) is 8.01. The zero-order chi connectivity index (χ0) is 24.3. The number of hydrogen-bond donors (Lipinski definition) is 1. The van der Waals surface area contributed by atoms with Crippen molar-refractivity contribution in [1.29, 1.82) is 0 Å². The highest BCUT2D eigenvalue weighted by Crippen LogP contribution is 2.68. The van der Waals surface area contributed by atoms with Crippen LogP contribution in [0.25, 0.3) is 0 Å². The molecule has 0 saturated heterocycles. The molecule has 5 heteroatoms. The minimum atomic E-state index is -1.52. The minimum absolute atomic E-state index is 0.0751. The summed E-state index contributed by atoms with van der Waals surface area (Å²) >= 11 is 0. The van der Waals surface area contributed by atoms with Gasteiger partial charge in [0.2, 0.25) is 5.78 Å². The van der Waals surface area contributed by atoms with Crippen molar-refractivity contribution in [2.45, 2.75) is 58.5 Å². The molecule has 0 radical (unpaired) electrons. The van der Waals surface area contributed by atoms with Crippen molar-refractivity contribution in [2.24, 2.45) is 34.5 Å². The molecule has 1 aromatic carbocycles. The van der Waals surface area contributed by atoms with Crippen molar-refractivity contribution >= 4 is 17.5 Å². The maximum Gasteiger partial charge on any atom is 0.338 e. The summed E-state index contributed by atoms with van der Waals surface area (Å²) in [5, 5.41) is 12.0. The molecule has 3 fully saturated rings. The van der Waals surface area contributed by atoms with Gasteiger partial charge in [-0.15, -0.1) is 0 Å². The van der Waals surface area contributed by atoms with Gasteiger partial charge in [-0.2, -0.15) is 0 Å². The van der Waals surface area contributed by atoms with Crippen LogP contribution in [-0.4, -0.2) is 34.9 Å². The highest BCUT2D eigenvalue weighted by Gasteiger charge is 2.68. The molecular formula is C29H34O5. The predicted octanol–water partition coefficient (Wildman–Crippen LogP) is 4.70. The first kappa shape index (κ1) is 23.2. The van der Waals surface area contributed by atoms with Gasteiger partial charge in [0.1, 0.15) is 5.60 Å². The van der Waals surface area contributed by atoms with E-state index in [9.17, 15) is 19.5 Å². The fourth-order valence-corrected chi connectivity index (χ4v) is 8.03. The van der Waals surface area contributed by atoms with Crippen LogP contribution >= 0.6 is 0 Å². The van der Waals surface area contributed by atoms with Crippen molar-refractivity contribution in [1.82, 2.24) is 0 Å². The molecular weight excluding hydrogens is 428 g/mol. The molecule has 5 nitrogen and oxygen atoms in total. The van der Waals surface area contributed by atoms with Crippen LogP contribution in [0.5, 0.6) is 0 Å². The topological polar surface area (TPSA) is 80.7 Å². The van der Waals surface area contributed by atoms with Crippen LogP contribution in [0.3, 0.4) is 0 Å². The van der Waals surface area contributed by atoms with E-state index in [4.69, 9.17) is 4.74 Å². The molecule has 4 aliphatic carbocycles. The number of ether oxygens (including phenoxy) is 1. The zero-order valence-corrected chi connectivity index (χ0v) is 20.3. The van der Waals surface area contributed by atoms with E-state index in [0.29, 0.717) is 17.4 Å². The molecule has 0 spiro atoms. The number of Topliss-reactive ketones (excluding diaryl/α,β-unsaturated/α-hetero) is 1. The van der Waals surface area contributed by atoms with E-state index in [-0.39, 0.29) is 23.0 Å². The third-order valence-electron chi connectivity index (χ3n) is 9.91. The Bertz CT molecular complexity index is 1090. The number of aliphatic hydroxyl groups is 1. The number of hydrogen-bond acceptors (Lipinski definition) is 5. The first-order valence-corrected chi connectivity index (χ1v) is 12.5. The standard InChI is InChI=1S/C29H34O5/c1-18-15-24-22-10-9-20-16-21(30)11-13-27(20,2)23(22)12-14-28(24,3)29(18,33)25(31)17-34-26(32)19-7-5-4-6-8-19/h4-8,11,13,16,18,22-24,33H,9-10,12,14-15,17H2,1-3H3/t18-,22+,23-,24-,27-,28-,29-/m0/s1. The van der Waals surface area contributed by atoms with Crippen LogP contribution < -0.4 is 0 Å². The van der Waals surface area contributed by atoms with E-state index in [0.717, 1.165) is 32.1 Å². The molecule has 4 aliphatic rings. The van der Waals surface area contributed by atoms with E-state index in [2.05, 4.69) is 19.9 Å². The summed E-state index contributed by atoms with van der Waals surface area (Å²) in [6.07, 6.45) is 9.91. The van der Waals surface area contributed by atoms with Gasteiger partial charge in [-0.3, -0.25) is 9.59 Å². The summed E-state index contributed by atoms with van der Waals surface area (Å²) in [6.45, 7) is 5.87. The van der Waals surface area contributed by atoms with E-state index in [1.165, 1.54) is 5.57 Å². The van der Waals surface area contributed by atoms with Gasteiger partial charge >= 0.3 is 5.97 Å². The number of benzene rings is 1. The van der Waals surface area contributed by atoms with Gasteiger partial charge in [0.05, 0.1) is 5.56 Å². The molecule has 0 bridgehead atoms. The van der Waals surface area contributed by atoms with Crippen LogP contribution in [0.2, 0.25) is 0 Å². The molecule has 0 amide bonds. The van der Waals surface area contributed by atoms with Crippen LogP contribution in [-0.2, 0) is 14.3 Å². The molecule has 0 heterocycles. The first-order chi connectivity index (χ1) is 16.1. The monoisotopic (exact) mass is 462 g/mol. The number of allylic oxidation sites excluding steroid dienone is 4. The van der Waals surface area contributed by atoms with Gasteiger partial charge < -0.3 is 9.84 Å². The van der Waals surface area contributed by atoms with Gasteiger partial charge in [-0.25, -0.2) is 4.79 Å². The first-order valence-electron chi connectivity index (χ1n) is 12.5. The lowest BCUT2D eigenvalue weighted by Crippen LogP contribution is -2.59. The van der Waals surface area contributed by atoms with Gasteiger partial charge in [0.15, 0.2) is 12.4 Å². The van der Waals surface area contributed by atoms with E-state index >= 15 is 0 Å². The fraction of sp³-hybridized carbons (Fsp3) is 0.552.